The van der Waals surface area contributed by atoms with E-state index in [2.05, 4.69) is 5.32 Å². The monoisotopic (exact) mass is 269 g/mol. The van der Waals surface area contributed by atoms with Crippen molar-refractivity contribution in [3.05, 3.63) is 0 Å². The zero-order valence-electron chi connectivity index (χ0n) is 11.3. The Morgan fingerprint density at radius 3 is 2.53 bits per heavy atom. The highest BCUT2D eigenvalue weighted by Crippen LogP contribution is 2.26. The zero-order chi connectivity index (χ0) is 13.7. The van der Waals surface area contributed by atoms with Crippen molar-refractivity contribution in [2.75, 3.05) is 13.2 Å². The van der Waals surface area contributed by atoms with Crippen LogP contribution < -0.4 is 5.32 Å². The van der Waals surface area contributed by atoms with Gasteiger partial charge in [-0.25, -0.2) is 0 Å². The van der Waals surface area contributed by atoms with Gasteiger partial charge < -0.3 is 15.2 Å². The van der Waals surface area contributed by atoms with E-state index in [1.165, 1.54) is 0 Å². The number of hydrogen-bond acceptors (Lipinski definition) is 3. The quantitative estimate of drug-likeness (QED) is 0.794. The van der Waals surface area contributed by atoms with Crippen LogP contribution in [0.25, 0.3) is 0 Å². The van der Waals surface area contributed by atoms with E-state index in [0.717, 1.165) is 38.9 Å². The molecule has 0 aromatic carbocycles. The molecule has 5 nitrogen and oxygen atoms in total. The highest BCUT2D eigenvalue weighted by Gasteiger charge is 2.30. The number of nitrogens with one attached hydrogen (secondary N) is 1. The molecule has 0 spiro atoms. The van der Waals surface area contributed by atoms with Gasteiger partial charge in [0.25, 0.3) is 0 Å². The summed E-state index contributed by atoms with van der Waals surface area (Å²) in [6, 6.07) is 0.0586. The van der Waals surface area contributed by atoms with Crippen molar-refractivity contribution in [3.8, 4) is 0 Å². The van der Waals surface area contributed by atoms with E-state index in [1.54, 1.807) is 0 Å². The van der Waals surface area contributed by atoms with E-state index >= 15 is 0 Å². The summed E-state index contributed by atoms with van der Waals surface area (Å²) in [7, 11) is 0. The van der Waals surface area contributed by atoms with E-state index in [4.69, 9.17) is 9.84 Å². The SMILES string of the molecule is O=C(CCC1CCOCC1)N[C@H]1CC[C@@H](C(=O)O)C1. The van der Waals surface area contributed by atoms with Gasteiger partial charge in [-0.05, 0) is 44.4 Å². The largest absolute Gasteiger partial charge is 0.481 e. The Kier molecular flexibility index (Phi) is 5.19. The van der Waals surface area contributed by atoms with Crippen molar-refractivity contribution in [1.29, 1.82) is 0 Å². The van der Waals surface area contributed by atoms with Gasteiger partial charge in [0, 0.05) is 25.7 Å². The molecule has 1 aliphatic heterocycles. The summed E-state index contributed by atoms with van der Waals surface area (Å²) in [5, 5.41) is 11.9. The Bertz CT molecular complexity index is 325. The third-order valence-electron chi connectivity index (χ3n) is 4.27. The number of ether oxygens (including phenoxy) is 1. The Balaban J connectivity index is 1.63. The van der Waals surface area contributed by atoms with Crippen LogP contribution in [0, 0.1) is 11.8 Å². The molecule has 2 rings (SSSR count). The van der Waals surface area contributed by atoms with Gasteiger partial charge in [-0.1, -0.05) is 0 Å². The Morgan fingerprint density at radius 1 is 1.16 bits per heavy atom. The maximum absolute atomic E-state index is 11.8. The van der Waals surface area contributed by atoms with Gasteiger partial charge >= 0.3 is 5.97 Å². The maximum Gasteiger partial charge on any atom is 0.306 e. The molecule has 2 fully saturated rings. The molecule has 0 aromatic heterocycles. The number of aliphatic carboxylic acids is 1. The fourth-order valence-electron chi connectivity index (χ4n) is 3.01. The lowest BCUT2D eigenvalue weighted by molar-refractivity contribution is -0.141. The van der Waals surface area contributed by atoms with Crippen molar-refractivity contribution >= 4 is 11.9 Å². The van der Waals surface area contributed by atoms with Crippen LogP contribution in [0.1, 0.15) is 44.9 Å². The average Bonchev–Trinajstić information content (AvgIpc) is 2.86. The average molecular weight is 269 g/mol. The molecular formula is C14H23NO4. The van der Waals surface area contributed by atoms with Crippen LogP contribution in [0.3, 0.4) is 0 Å². The Hall–Kier alpha value is -1.10. The van der Waals surface area contributed by atoms with Gasteiger partial charge in [0.05, 0.1) is 5.92 Å². The van der Waals surface area contributed by atoms with Crippen LogP contribution >= 0.6 is 0 Å². The molecule has 108 valence electrons. The molecule has 2 atom stereocenters. The molecule has 1 saturated carbocycles. The van der Waals surface area contributed by atoms with Gasteiger partial charge in [0.15, 0.2) is 0 Å². The fourth-order valence-corrected chi connectivity index (χ4v) is 3.01. The lowest BCUT2D eigenvalue weighted by atomic mass is 9.95. The summed E-state index contributed by atoms with van der Waals surface area (Å²) >= 11 is 0. The van der Waals surface area contributed by atoms with Gasteiger partial charge in [-0.3, -0.25) is 9.59 Å². The minimum atomic E-state index is -0.737. The van der Waals surface area contributed by atoms with Crippen LogP contribution in [-0.4, -0.2) is 36.2 Å². The molecule has 5 heteroatoms. The number of carbonyl (C=O) groups excluding carboxylic acids is 1. The number of rotatable bonds is 5. The first kappa shape index (κ1) is 14.3. The zero-order valence-corrected chi connectivity index (χ0v) is 11.3. The van der Waals surface area contributed by atoms with E-state index < -0.39 is 5.97 Å². The highest BCUT2D eigenvalue weighted by molar-refractivity contribution is 5.76. The minimum Gasteiger partial charge on any atom is -0.481 e. The number of carboxylic acids is 1. The number of carbonyl (C=O) groups is 2. The topological polar surface area (TPSA) is 75.6 Å². The first-order valence-corrected chi connectivity index (χ1v) is 7.25. The van der Waals surface area contributed by atoms with Crippen LogP contribution in [0.4, 0.5) is 0 Å². The van der Waals surface area contributed by atoms with Crippen molar-refractivity contribution in [2.24, 2.45) is 11.8 Å². The van der Waals surface area contributed by atoms with E-state index in [-0.39, 0.29) is 17.9 Å². The minimum absolute atomic E-state index is 0.0586. The molecule has 1 amide bonds. The first-order chi connectivity index (χ1) is 9.15. The van der Waals surface area contributed by atoms with Crippen molar-refractivity contribution in [2.45, 2.75) is 51.0 Å². The third-order valence-corrected chi connectivity index (χ3v) is 4.27. The van der Waals surface area contributed by atoms with Crippen LogP contribution in [0.15, 0.2) is 0 Å². The molecule has 1 saturated heterocycles. The van der Waals surface area contributed by atoms with Gasteiger partial charge in [-0.15, -0.1) is 0 Å². The summed E-state index contributed by atoms with van der Waals surface area (Å²) in [6.07, 6.45) is 5.64. The maximum atomic E-state index is 11.8. The summed E-state index contributed by atoms with van der Waals surface area (Å²) in [5.41, 5.74) is 0. The molecule has 0 aromatic rings. The van der Waals surface area contributed by atoms with Crippen LogP contribution in [-0.2, 0) is 14.3 Å². The van der Waals surface area contributed by atoms with Crippen LogP contribution in [0.2, 0.25) is 0 Å². The second-order valence-corrected chi connectivity index (χ2v) is 5.71. The van der Waals surface area contributed by atoms with E-state index in [1.807, 2.05) is 0 Å². The highest BCUT2D eigenvalue weighted by atomic mass is 16.5. The predicted octanol–water partition coefficient (Wildman–Crippen LogP) is 1.56. The lowest BCUT2D eigenvalue weighted by Gasteiger charge is -2.22. The third kappa shape index (κ3) is 4.49. The fraction of sp³-hybridized carbons (Fsp3) is 0.857. The number of carboxylic acid groups (broad SMARTS) is 1. The molecule has 1 aliphatic carbocycles. The molecule has 0 unspecified atom stereocenters. The predicted molar refractivity (Wildman–Crippen MR) is 69.7 cm³/mol. The van der Waals surface area contributed by atoms with Gasteiger partial charge in [0.1, 0.15) is 0 Å². The first-order valence-electron chi connectivity index (χ1n) is 7.25. The lowest BCUT2D eigenvalue weighted by Crippen LogP contribution is -2.33. The molecule has 2 aliphatic rings. The van der Waals surface area contributed by atoms with Crippen molar-refractivity contribution in [1.82, 2.24) is 5.32 Å². The smallest absolute Gasteiger partial charge is 0.306 e. The van der Waals surface area contributed by atoms with E-state index in [0.29, 0.717) is 25.2 Å². The Labute approximate surface area is 113 Å². The standard InChI is InChI=1S/C14H23NO4/c16-13(4-1-10-5-7-19-8-6-10)15-12-3-2-11(9-12)14(17)18/h10-12H,1-9H2,(H,15,16)(H,17,18)/t11-,12+/m1/s1. The molecule has 0 radical (unpaired) electrons. The van der Waals surface area contributed by atoms with Crippen LogP contribution in [0.5, 0.6) is 0 Å². The van der Waals surface area contributed by atoms with E-state index in [9.17, 15) is 9.59 Å². The summed E-state index contributed by atoms with van der Waals surface area (Å²) in [4.78, 5) is 22.7. The second-order valence-electron chi connectivity index (χ2n) is 5.71. The normalized spacial score (nSPS) is 28.2. The number of amides is 1. The Morgan fingerprint density at radius 2 is 1.89 bits per heavy atom. The van der Waals surface area contributed by atoms with Crippen molar-refractivity contribution in [3.63, 3.8) is 0 Å². The summed E-state index contributed by atoms with van der Waals surface area (Å²) < 4.78 is 5.29. The molecular weight excluding hydrogens is 246 g/mol. The summed E-state index contributed by atoms with van der Waals surface area (Å²) in [6.45, 7) is 1.63. The van der Waals surface area contributed by atoms with Gasteiger partial charge in [0.2, 0.25) is 5.91 Å². The van der Waals surface area contributed by atoms with Gasteiger partial charge in [-0.2, -0.15) is 0 Å². The molecule has 0 bridgehead atoms. The molecule has 1 heterocycles. The molecule has 2 N–H and O–H groups in total. The van der Waals surface area contributed by atoms with Crippen molar-refractivity contribution < 1.29 is 19.4 Å². The number of hydrogen-bond donors (Lipinski definition) is 2. The molecule has 19 heavy (non-hydrogen) atoms. The summed E-state index contributed by atoms with van der Waals surface area (Å²) in [5.74, 6) is -0.336. The second kappa shape index (κ2) is 6.89.